The fourth-order valence-electron chi connectivity index (χ4n) is 4.37. The molecule has 2 aromatic rings. The molecule has 0 bridgehead atoms. The molecule has 0 saturated carbocycles. The zero-order valence-electron chi connectivity index (χ0n) is 18.7. The minimum absolute atomic E-state index is 0.0441. The summed E-state index contributed by atoms with van der Waals surface area (Å²) in [5, 5.41) is 4.01. The molecule has 1 fully saturated rings. The van der Waals surface area contributed by atoms with Crippen molar-refractivity contribution in [2.75, 3.05) is 26.7 Å². The molecule has 0 spiro atoms. The van der Waals surface area contributed by atoms with Gasteiger partial charge in [0.25, 0.3) is 10.0 Å². The van der Waals surface area contributed by atoms with Crippen LogP contribution in [0.15, 0.2) is 16.9 Å². The Bertz CT molecular complexity index is 1090. The van der Waals surface area contributed by atoms with E-state index in [1.165, 1.54) is 17.7 Å². The fraction of sp³-hybridized carbons (Fsp3) is 0.619. The predicted octanol–water partition coefficient (Wildman–Crippen LogP) is 2.06. The highest BCUT2D eigenvalue weighted by molar-refractivity contribution is 7.91. The normalized spacial score (nSPS) is 17.8. The fourth-order valence-corrected chi connectivity index (χ4v) is 7.93. The van der Waals surface area contributed by atoms with Crippen molar-refractivity contribution in [2.45, 2.75) is 62.2 Å². The highest BCUT2D eigenvalue weighted by Crippen LogP contribution is 2.38. The molecule has 4 heterocycles. The van der Waals surface area contributed by atoms with Crippen molar-refractivity contribution in [3.63, 3.8) is 0 Å². The Kier molecular flexibility index (Phi) is 7.45. The number of hydrogen-bond donors (Lipinski definition) is 0. The Hall–Kier alpha value is -2.31. The molecule has 0 aliphatic carbocycles. The molecule has 0 aromatic carbocycles. The zero-order chi connectivity index (χ0) is 23.4. The molecule has 2 aliphatic rings. The van der Waals surface area contributed by atoms with E-state index in [4.69, 9.17) is 4.74 Å². The molecule has 33 heavy (non-hydrogen) atoms. The zero-order valence-corrected chi connectivity index (χ0v) is 20.4. The van der Waals surface area contributed by atoms with Gasteiger partial charge in [-0.15, -0.1) is 11.3 Å². The maximum Gasteiger partial charge on any atom is 0.340 e. The van der Waals surface area contributed by atoms with Crippen molar-refractivity contribution in [1.82, 2.24) is 24.0 Å². The van der Waals surface area contributed by atoms with Gasteiger partial charge in [-0.3, -0.25) is 9.48 Å². The lowest BCUT2D eigenvalue weighted by molar-refractivity contribution is -0.132. The van der Waals surface area contributed by atoms with Crippen molar-refractivity contribution in [3.05, 3.63) is 28.7 Å². The first-order valence-electron chi connectivity index (χ1n) is 11.2. The van der Waals surface area contributed by atoms with E-state index in [9.17, 15) is 18.0 Å². The number of carbonyl (C=O) groups is 2. The van der Waals surface area contributed by atoms with Crippen molar-refractivity contribution in [1.29, 1.82) is 0 Å². The molecule has 1 saturated heterocycles. The molecular formula is C21H29N5O5S2. The molecule has 12 heteroatoms. The largest absolute Gasteiger partial charge is 0.465 e. The molecule has 180 valence electrons. The van der Waals surface area contributed by atoms with Crippen LogP contribution in [0.4, 0.5) is 0 Å². The second kappa shape index (κ2) is 10.3. The minimum atomic E-state index is -3.83. The highest BCUT2D eigenvalue weighted by atomic mass is 32.2. The number of esters is 1. The van der Waals surface area contributed by atoms with E-state index < -0.39 is 16.0 Å². The maximum atomic E-state index is 13.6. The van der Waals surface area contributed by atoms with Crippen LogP contribution in [0, 0.1) is 0 Å². The number of thiophene rings is 1. The second-order valence-corrected chi connectivity index (χ2v) is 11.5. The molecule has 0 atom stereocenters. The summed E-state index contributed by atoms with van der Waals surface area (Å²) in [6.07, 6.45) is 8.42. The summed E-state index contributed by atoms with van der Waals surface area (Å²) in [6.45, 7) is 2.05. The molecule has 0 N–H and O–H groups in total. The van der Waals surface area contributed by atoms with Gasteiger partial charge in [0.15, 0.2) is 0 Å². The average molecular weight is 496 g/mol. The molecule has 0 radical (unpaired) electrons. The van der Waals surface area contributed by atoms with E-state index in [1.807, 2.05) is 0 Å². The summed E-state index contributed by atoms with van der Waals surface area (Å²) >= 11 is 1.10. The Morgan fingerprint density at radius 2 is 1.85 bits per heavy atom. The highest BCUT2D eigenvalue weighted by Gasteiger charge is 2.37. The topological polar surface area (TPSA) is 115 Å². The Balaban J connectivity index is 1.58. The van der Waals surface area contributed by atoms with E-state index in [2.05, 4.69) is 10.1 Å². The second-order valence-electron chi connectivity index (χ2n) is 8.30. The lowest BCUT2D eigenvalue weighted by Crippen LogP contribution is -2.36. The number of methoxy groups -OCH3 is 1. The van der Waals surface area contributed by atoms with E-state index >= 15 is 0 Å². The number of amides is 1. The van der Waals surface area contributed by atoms with E-state index in [1.54, 1.807) is 15.9 Å². The summed E-state index contributed by atoms with van der Waals surface area (Å²) in [4.78, 5) is 31.7. The SMILES string of the molecule is COC(=O)c1c(S(=O)(=O)N2CCCCCCC2)sc2c1CCN(C(=O)CCn1cncn1)C2. The van der Waals surface area contributed by atoms with Gasteiger partial charge in [0.1, 0.15) is 16.9 Å². The Morgan fingerprint density at radius 1 is 1.12 bits per heavy atom. The average Bonchev–Trinajstić information content (AvgIpc) is 3.44. The molecule has 4 rings (SSSR count). The van der Waals surface area contributed by atoms with Crippen LogP contribution in [-0.2, 0) is 39.1 Å². The molecule has 1 amide bonds. The Labute approximate surface area is 197 Å². The van der Waals surface area contributed by atoms with E-state index in [-0.39, 0.29) is 28.6 Å². The van der Waals surface area contributed by atoms with Gasteiger partial charge in [-0.1, -0.05) is 19.3 Å². The first kappa shape index (κ1) is 23.8. The molecule has 0 unspecified atom stereocenters. The summed E-state index contributed by atoms with van der Waals surface area (Å²) in [5.41, 5.74) is 0.840. The lowest BCUT2D eigenvalue weighted by Gasteiger charge is -2.27. The van der Waals surface area contributed by atoms with Gasteiger partial charge in [-0.2, -0.15) is 9.40 Å². The number of sulfonamides is 1. The number of carbonyl (C=O) groups excluding carboxylic acids is 2. The van der Waals surface area contributed by atoms with Crippen molar-refractivity contribution in [2.24, 2.45) is 0 Å². The van der Waals surface area contributed by atoms with Crippen LogP contribution in [0.2, 0.25) is 0 Å². The lowest BCUT2D eigenvalue weighted by atomic mass is 10.0. The first-order valence-corrected chi connectivity index (χ1v) is 13.5. The predicted molar refractivity (Wildman–Crippen MR) is 121 cm³/mol. The van der Waals surface area contributed by atoms with Crippen LogP contribution in [0.1, 0.15) is 59.3 Å². The molecular weight excluding hydrogens is 466 g/mol. The molecule has 2 aromatic heterocycles. The van der Waals surface area contributed by atoms with Crippen LogP contribution in [0.25, 0.3) is 0 Å². The van der Waals surface area contributed by atoms with Gasteiger partial charge in [-0.25, -0.2) is 18.2 Å². The summed E-state index contributed by atoms with van der Waals surface area (Å²) < 4.78 is 35.3. The standard InChI is InChI=1S/C21H29N5O5S2/c1-31-20(28)19-16-7-11-24(18(27)8-12-25-15-22-14-23-25)13-17(16)32-21(19)33(29,30)26-9-5-3-2-4-6-10-26/h14-15H,2-13H2,1H3. The van der Waals surface area contributed by atoms with Crippen LogP contribution < -0.4 is 0 Å². The number of nitrogens with zero attached hydrogens (tertiary/aromatic N) is 5. The monoisotopic (exact) mass is 495 g/mol. The number of aromatic nitrogens is 3. The van der Waals surface area contributed by atoms with Crippen molar-refractivity contribution >= 4 is 33.2 Å². The quantitative estimate of drug-likeness (QED) is 0.564. The third-order valence-electron chi connectivity index (χ3n) is 6.18. The number of hydrogen-bond acceptors (Lipinski definition) is 8. The third kappa shape index (κ3) is 5.12. The van der Waals surface area contributed by atoms with Gasteiger partial charge in [0, 0.05) is 30.9 Å². The van der Waals surface area contributed by atoms with Gasteiger partial charge in [0.05, 0.1) is 25.8 Å². The Morgan fingerprint density at radius 3 is 2.52 bits per heavy atom. The molecule has 2 aliphatic heterocycles. The van der Waals surface area contributed by atoms with Gasteiger partial charge in [0.2, 0.25) is 5.91 Å². The van der Waals surface area contributed by atoms with Crippen LogP contribution in [-0.4, -0.2) is 71.0 Å². The minimum Gasteiger partial charge on any atom is -0.465 e. The first-order chi connectivity index (χ1) is 15.9. The summed E-state index contributed by atoms with van der Waals surface area (Å²) in [5.74, 6) is -0.679. The third-order valence-corrected chi connectivity index (χ3v) is 9.79. The van der Waals surface area contributed by atoms with E-state index in [0.717, 1.165) is 48.3 Å². The van der Waals surface area contributed by atoms with Gasteiger partial charge < -0.3 is 9.64 Å². The number of rotatable bonds is 6. The summed E-state index contributed by atoms with van der Waals surface area (Å²) in [7, 11) is -2.56. The summed E-state index contributed by atoms with van der Waals surface area (Å²) in [6, 6.07) is 0. The maximum absolute atomic E-state index is 13.6. The molecule has 10 nitrogen and oxygen atoms in total. The number of ether oxygens (including phenoxy) is 1. The van der Waals surface area contributed by atoms with Crippen LogP contribution >= 0.6 is 11.3 Å². The smallest absolute Gasteiger partial charge is 0.340 e. The van der Waals surface area contributed by atoms with Gasteiger partial charge in [-0.05, 0) is 24.8 Å². The number of fused-ring (bicyclic) bond motifs is 1. The van der Waals surface area contributed by atoms with Crippen molar-refractivity contribution in [3.8, 4) is 0 Å². The van der Waals surface area contributed by atoms with Crippen molar-refractivity contribution < 1.29 is 22.7 Å². The van der Waals surface area contributed by atoms with E-state index in [0.29, 0.717) is 38.2 Å². The number of aryl methyl sites for hydroxylation is 1. The van der Waals surface area contributed by atoms with Gasteiger partial charge >= 0.3 is 5.97 Å². The van der Waals surface area contributed by atoms with Crippen LogP contribution in [0.3, 0.4) is 0 Å². The van der Waals surface area contributed by atoms with Crippen LogP contribution in [0.5, 0.6) is 0 Å².